The van der Waals surface area contributed by atoms with Gasteiger partial charge in [0.1, 0.15) is 24.1 Å². The van der Waals surface area contributed by atoms with Gasteiger partial charge in [-0.1, -0.05) is 6.07 Å². The van der Waals surface area contributed by atoms with Crippen molar-refractivity contribution in [1.29, 1.82) is 0 Å². The molecule has 11 heteroatoms. The summed E-state index contributed by atoms with van der Waals surface area (Å²) in [5.74, 6) is 0.163. The number of aromatic nitrogens is 4. The van der Waals surface area contributed by atoms with E-state index < -0.39 is 30.5 Å². The lowest BCUT2D eigenvalue weighted by Gasteiger charge is -2.16. The van der Waals surface area contributed by atoms with Crippen LogP contribution in [0.5, 0.6) is 0 Å². The topological polar surface area (TPSA) is 146 Å². The third kappa shape index (κ3) is 3.65. The van der Waals surface area contributed by atoms with Gasteiger partial charge in [0.25, 0.3) is 0 Å². The fourth-order valence-corrected chi connectivity index (χ4v) is 4.18. The summed E-state index contributed by atoms with van der Waals surface area (Å²) in [6.45, 7) is 0. The van der Waals surface area contributed by atoms with Crippen molar-refractivity contribution in [3.63, 3.8) is 0 Å². The fourth-order valence-electron chi connectivity index (χ4n) is 3.16. The molecule has 4 N–H and O–H groups in total. The smallest absolute Gasteiger partial charge is 0.337 e. The highest BCUT2D eigenvalue weighted by Crippen LogP contribution is 2.34. The number of methoxy groups -OCH3 is 1. The fraction of sp³-hybridized carbons (Fsp3) is 0.333. The van der Waals surface area contributed by atoms with Crippen LogP contribution in [-0.2, 0) is 9.47 Å². The molecule has 1 unspecified atom stereocenters. The molecule has 1 fully saturated rings. The minimum atomic E-state index is -1.17. The molecule has 1 aliphatic rings. The lowest BCUT2D eigenvalue weighted by atomic mass is 10.1. The number of carbonyl (C=O) groups excluding carboxylic acids is 1. The van der Waals surface area contributed by atoms with Gasteiger partial charge in [-0.25, -0.2) is 19.7 Å². The van der Waals surface area contributed by atoms with E-state index in [1.54, 1.807) is 18.2 Å². The highest BCUT2D eigenvalue weighted by Gasteiger charge is 2.44. The first kappa shape index (κ1) is 19.6. The van der Waals surface area contributed by atoms with Gasteiger partial charge in [-0.2, -0.15) is 0 Å². The Bertz CT molecular complexity index is 1040. The standard InChI is InChI=1S/C18H19N5O5S/c1-27-18(26)9-3-2-4-10(5-9)29-6-11-13(24)14(25)17(28-11)23-8-22-12-15(19)20-7-21-16(12)23/h2-5,7-8,11,13-14,17,24-25H,6H2,1H3,(H2,19,20,21)/t11-,13-,14-,17?/m1/s1. The van der Waals surface area contributed by atoms with Gasteiger partial charge in [0.15, 0.2) is 17.7 Å². The number of esters is 1. The number of rotatable bonds is 5. The van der Waals surface area contributed by atoms with Gasteiger partial charge in [-0.3, -0.25) is 4.57 Å². The van der Waals surface area contributed by atoms with Gasteiger partial charge < -0.3 is 25.4 Å². The van der Waals surface area contributed by atoms with Crippen molar-refractivity contribution in [2.45, 2.75) is 29.4 Å². The Labute approximate surface area is 169 Å². The van der Waals surface area contributed by atoms with Crippen molar-refractivity contribution in [2.24, 2.45) is 0 Å². The van der Waals surface area contributed by atoms with E-state index in [0.717, 1.165) is 4.90 Å². The normalized spacial score (nSPS) is 24.1. The molecule has 4 atom stereocenters. The van der Waals surface area contributed by atoms with Crippen LogP contribution in [0.15, 0.2) is 41.8 Å². The first-order valence-electron chi connectivity index (χ1n) is 8.75. The first-order valence-corrected chi connectivity index (χ1v) is 9.74. The van der Waals surface area contributed by atoms with Crippen molar-refractivity contribution in [3.05, 3.63) is 42.5 Å². The lowest BCUT2D eigenvalue weighted by Crippen LogP contribution is -2.32. The third-order valence-corrected chi connectivity index (χ3v) is 5.75. The van der Waals surface area contributed by atoms with Crippen molar-refractivity contribution in [2.75, 3.05) is 18.6 Å². The Kier molecular flexibility index (Phi) is 5.37. The van der Waals surface area contributed by atoms with Gasteiger partial charge >= 0.3 is 5.97 Å². The van der Waals surface area contributed by atoms with Crippen LogP contribution >= 0.6 is 11.8 Å². The van der Waals surface area contributed by atoms with E-state index in [9.17, 15) is 15.0 Å². The van der Waals surface area contributed by atoms with E-state index in [0.29, 0.717) is 22.5 Å². The van der Waals surface area contributed by atoms with Crippen LogP contribution in [-0.4, -0.2) is 66.9 Å². The molecule has 0 spiro atoms. The number of nitrogens with two attached hydrogens (primary N) is 1. The van der Waals surface area contributed by atoms with Crippen molar-refractivity contribution in [3.8, 4) is 0 Å². The number of thioether (sulfide) groups is 1. The Morgan fingerprint density at radius 2 is 2.14 bits per heavy atom. The second-order valence-electron chi connectivity index (χ2n) is 6.46. The van der Waals surface area contributed by atoms with Gasteiger partial charge in [0.05, 0.1) is 25.1 Å². The molecule has 4 rings (SSSR count). The maximum absolute atomic E-state index is 11.7. The van der Waals surface area contributed by atoms with Crippen LogP contribution in [0.3, 0.4) is 0 Å². The number of imidazole rings is 1. The molecule has 152 valence electrons. The van der Waals surface area contributed by atoms with Crippen LogP contribution in [0.1, 0.15) is 16.6 Å². The summed E-state index contributed by atoms with van der Waals surface area (Å²) in [5, 5.41) is 21.0. The average Bonchev–Trinajstić information content (AvgIpc) is 3.29. The summed E-state index contributed by atoms with van der Waals surface area (Å²) in [5.41, 5.74) is 7.04. The van der Waals surface area contributed by atoms with E-state index in [2.05, 4.69) is 15.0 Å². The highest BCUT2D eigenvalue weighted by atomic mass is 32.2. The van der Waals surface area contributed by atoms with Crippen molar-refractivity contribution in [1.82, 2.24) is 19.5 Å². The number of aliphatic hydroxyl groups excluding tert-OH is 2. The molecule has 29 heavy (non-hydrogen) atoms. The highest BCUT2D eigenvalue weighted by molar-refractivity contribution is 7.99. The molecule has 1 saturated heterocycles. The maximum Gasteiger partial charge on any atom is 0.337 e. The predicted molar refractivity (Wildman–Crippen MR) is 104 cm³/mol. The minimum Gasteiger partial charge on any atom is -0.465 e. The molecular formula is C18H19N5O5S. The Hall–Kier alpha value is -2.73. The molecule has 3 aromatic rings. The largest absolute Gasteiger partial charge is 0.465 e. The molecule has 2 aromatic heterocycles. The average molecular weight is 417 g/mol. The molecule has 0 saturated carbocycles. The molecule has 0 amide bonds. The van der Waals surface area contributed by atoms with Crippen molar-refractivity contribution < 1.29 is 24.5 Å². The zero-order valence-electron chi connectivity index (χ0n) is 15.4. The summed E-state index contributed by atoms with van der Waals surface area (Å²) in [6, 6.07) is 6.96. The SMILES string of the molecule is COC(=O)c1cccc(SC[C@H]2OC(n3cnc4c(N)ncnc43)[C@H](O)[C@@H]2O)c1. The van der Waals surface area contributed by atoms with Crippen LogP contribution in [0, 0.1) is 0 Å². The zero-order chi connectivity index (χ0) is 20.5. The van der Waals surface area contributed by atoms with Gasteiger partial charge in [-0.05, 0) is 18.2 Å². The summed E-state index contributed by atoms with van der Waals surface area (Å²) >= 11 is 1.40. The predicted octanol–water partition coefficient (Wildman–Crippen LogP) is 0.607. The Morgan fingerprint density at radius 1 is 1.31 bits per heavy atom. The van der Waals surface area contributed by atoms with Gasteiger partial charge in [-0.15, -0.1) is 11.8 Å². The Morgan fingerprint density at radius 3 is 2.93 bits per heavy atom. The number of fused-ring (bicyclic) bond motifs is 1. The monoisotopic (exact) mass is 417 g/mol. The quantitative estimate of drug-likeness (QED) is 0.398. The number of hydrogen-bond acceptors (Lipinski definition) is 10. The summed E-state index contributed by atoms with van der Waals surface area (Å²) in [4.78, 5) is 24.7. The summed E-state index contributed by atoms with van der Waals surface area (Å²) < 4.78 is 12.2. The number of nitrogen functional groups attached to an aromatic ring is 1. The number of ether oxygens (including phenoxy) is 2. The number of hydrogen-bond donors (Lipinski definition) is 3. The van der Waals surface area contributed by atoms with Crippen molar-refractivity contribution >= 4 is 34.7 Å². The van der Waals surface area contributed by atoms with Gasteiger partial charge in [0.2, 0.25) is 0 Å². The number of benzene rings is 1. The van der Waals surface area contributed by atoms with E-state index in [1.165, 1.54) is 36.1 Å². The van der Waals surface area contributed by atoms with E-state index in [4.69, 9.17) is 15.2 Å². The second-order valence-corrected chi connectivity index (χ2v) is 7.55. The third-order valence-electron chi connectivity index (χ3n) is 4.67. The minimum absolute atomic E-state index is 0.222. The zero-order valence-corrected chi connectivity index (χ0v) is 16.2. The second kappa shape index (κ2) is 7.95. The number of carbonyl (C=O) groups is 1. The molecule has 3 heterocycles. The number of aliphatic hydroxyl groups is 2. The molecule has 1 aliphatic heterocycles. The molecular weight excluding hydrogens is 398 g/mol. The maximum atomic E-state index is 11.7. The van der Waals surface area contributed by atoms with Crippen LogP contribution < -0.4 is 5.73 Å². The molecule has 10 nitrogen and oxygen atoms in total. The van der Waals surface area contributed by atoms with E-state index in [1.807, 2.05) is 6.07 Å². The number of anilines is 1. The summed E-state index contributed by atoms with van der Waals surface area (Å²) in [7, 11) is 1.32. The summed E-state index contributed by atoms with van der Waals surface area (Å²) in [6.07, 6.45) is -1.03. The van der Waals surface area contributed by atoms with Crippen LogP contribution in [0.4, 0.5) is 5.82 Å². The van der Waals surface area contributed by atoms with Crippen LogP contribution in [0.2, 0.25) is 0 Å². The first-order chi connectivity index (χ1) is 14.0. The van der Waals surface area contributed by atoms with Crippen LogP contribution in [0.25, 0.3) is 11.2 Å². The van der Waals surface area contributed by atoms with E-state index >= 15 is 0 Å². The molecule has 0 bridgehead atoms. The van der Waals surface area contributed by atoms with E-state index in [-0.39, 0.29) is 5.82 Å². The molecule has 1 aromatic carbocycles. The molecule has 0 radical (unpaired) electrons. The number of nitrogens with zero attached hydrogens (tertiary/aromatic N) is 4. The molecule has 0 aliphatic carbocycles. The lowest BCUT2D eigenvalue weighted by molar-refractivity contribution is -0.0289. The van der Waals surface area contributed by atoms with Gasteiger partial charge in [0, 0.05) is 10.6 Å². The Balaban J connectivity index is 1.49.